The molecule has 1 heterocycles. The Morgan fingerprint density at radius 2 is 2.20 bits per heavy atom. The Bertz CT molecular complexity index is 613. The van der Waals surface area contributed by atoms with Crippen LogP contribution in [0.15, 0.2) is 18.2 Å². The van der Waals surface area contributed by atoms with Crippen molar-refractivity contribution in [3.63, 3.8) is 0 Å². The van der Waals surface area contributed by atoms with Crippen LogP contribution in [-0.4, -0.2) is 22.6 Å². The topological polar surface area (TPSA) is 73.3 Å². The van der Waals surface area contributed by atoms with Crippen molar-refractivity contribution in [1.82, 2.24) is 9.36 Å². The van der Waals surface area contributed by atoms with Gasteiger partial charge >= 0.3 is 6.09 Å². The fourth-order valence-corrected chi connectivity index (χ4v) is 2.13. The van der Waals surface area contributed by atoms with Gasteiger partial charge in [0.2, 0.25) is 0 Å². The number of ether oxygens (including phenoxy) is 2. The maximum atomic E-state index is 11.2. The molecule has 7 heteroatoms. The standard InChI is InChI=1S/C13H15N3O3S/c1-8-6-10(4-5-11(8)15-13(17)18-3)19-7-12-14-9(2)16-20-12/h4-6H,7H2,1-3H3,(H,15,17). The van der Waals surface area contributed by atoms with E-state index in [1.807, 2.05) is 19.9 Å². The van der Waals surface area contributed by atoms with Gasteiger partial charge in [-0.05, 0) is 49.1 Å². The van der Waals surface area contributed by atoms with E-state index in [2.05, 4.69) is 19.4 Å². The van der Waals surface area contributed by atoms with Gasteiger partial charge in [0.15, 0.2) is 5.01 Å². The highest BCUT2D eigenvalue weighted by Gasteiger charge is 2.06. The summed E-state index contributed by atoms with van der Waals surface area (Å²) in [5.41, 5.74) is 1.58. The quantitative estimate of drug-likeness (QED) is 0.938. The summed E-state index contributed by atoms with van der Waals surface area (Å²) in [4.78, 5) is 15.4. The molecule has 0 fully saturated rings. The highest BCUT2D eigenvalue weighted by molar-refractivity contribution is 7.05. The monoisotopic (exact) mass is 293 g/mol. The van der Waals surface area contributed by atoms with Crippen LogP contribution in [0.4, 0.5) is 10.5 Å². The molecule has 20 heavy (non-hydrogen) atoms. The Labute approximate surface area is 120 Å². The van der Waals surface area contributed by atoms with Crippen molar-refractivity contribution in [2.45, 2.75) is 20.5 Å². The van der Waals surface area contributed by atoms with Crippen molar-refractivity contribution >= 4 is 23.3 Å². The van der Waals surface area contributed by atoms with Gasteiger partial charge in [0.1, 0.15) is 18.2 Å². The molecule has 1 N–H and O–H groups in total. The first kappa shape index (κ1) is 14.3. The number of nitrogens with one attached hydrogen (secondary N) is 1. The van der Waals surface area contributed by atoms with Gasteiger partial charge in [-0.1, -0.05) is 0 Å². The van der Waals surface area contributed by atoms with Crippen LogP contribution < -0.4 is 10.1 Å². The van der Waals surface area contributed by atoms with E-state index in [4.69, 9.17) is 4.74 Å². The van der Waals surface area contributed by atoms with Crippen LogP contribution >= 0.6 is 11.5 Å². The minimum absolute atomic E-state index is 0.384. The molecule has 1 aromatic carbocycles. The van der Waals surface area contributed by atoms with Gasteiger partial charge in [0.25, 0.3) is 0 Å². The van der Waals surface area contributed by atoms with Crippen molar-refractivity contribution in [2.24, 2.45) is 0 Å². The molecule has 0 spiro atoms. The van der Waals surface area contributed by atoms with Crippen molar-refractivity contribution in [1.29, 1.82) is 0 Å². The zero-order chi connectivity index (χ0) is 14.5. The molecule has 0 radical (unpaired) electrons. The zero-order valence-electron chi connectivity index (χ0n) is 11.5. The van der Waals surface area contributed by atoms with Gasteiger partial charge in [-0.3, -0.25) is 5.32 Å². The number of anilines is 1. The van der Waals surface area contributed by atoms with E-state index in [1.54, 1.807) is 12.1 Å². The maximum absolute atomic E-state index is 11.2. The number of carbonyl (C=O) groups excluding carboxylic acids is 1. The number of benzene rings is 1. The summed E-state index contributed by atoms with van der Waals surface area (Å²) in [6, 6.07) is 5.40. The van der Waals surface area contributed by atoms with E-state index in [0.29, 0.717) is 18.0 Å². The summed E-state index contributed by atoms with van der Waals surface area (Å²) in [6.07, 6.45) is -0.494. The number of hydrogen-bond acceptors (Lipinski definition) is 6. The van der Waals surface area contributed by atoms with Gasteiger partial charge < -0.3 is 9.47 Å². The number of amides is 1. The van der Waals surface area contributed by atoms with Gasteiger partial charge in [-0.15, -0.1) is 0 Å². The Morgan fingerprint density at radius 3 is 2.80 bits per heavy atom. The first-order valence-electron chi connectivity index (χ1n) is 5.96. The molecule has 1 aromatic heterocycles. The number of aryl methyl sites for hydroxylation is 2. The Morgan fingerprint density at radius 1 is 1.40 bits per heavy atom. The summed E-state index contributed by atoms with van der Waals surface area (Å²) >= 11 is 1.33. The number of carbonyl (C=O) groups is 1. The smallest absolute Gasteiger partial charge is 0.411 e. The summed E-state index contributed by atoms with van der Waals surface area (Å²) in [7, 11) is 1.33. The normalized spacial score (nSPS) is 10.2. The molecule has 0 aliphatic carbocycles. The Hall–Kier alpha value is -2.15. The lowest BCUT2D eigenvalue weighted by molar-refractivity contribution is 0.187. The molecule has 1 amide bonds. The summed E-state index contributed by atoms with van der Waals surface area (Å²) in [6.45, 7) is 4.11. The SMILES string of the molecule is COC(=O)Nc1ccc(OCc2nc(C)ns2)cc1C. The van der Waals surface area contributed by atoms with Gasteiger partial charge in [0.05, 0.1) is 7.11 Å². The fourth-order valence-electron chi connectivity index (χ4n) is 1.57. The highest BCUT2D eigenvalue weighted by Crippen LogP contribution is 2.22. The maximum Gasteiger partial charge on any atom is 0.411 e. The third kappa shape index (κ3) is 3.67. The molecule has 106 valence electrons. The molecule has 0 unspecified atom stereocenters. The molecule has 2 aromatic rings. The second-order valence-electron chi connectivity index (χ2n) is 4.12. The van der Waals surface area contributed by atoms with Gasteiger partial charge in [-0.2, -0.15) is 4.37 Å². The predicted octanol–water partition coefficient (Wildman–Crippen LogP) is 2.91. The van der Waals surface area contributed by atoms with Gasteiger partial charge in [0, 0.05) is 5.69 Å². The average molecular weight is 293 g/mol. The van der Waals surface area contributed by atoms with Gasteiger partial charge in [-0.25, -0.2) is 9.78 Å². The van der Waals surface area contributed by atoms with E-state index < -0.39 is 6.09 Å². The van der Waals surface area contributed by atoms with Crippen LogP contribution in [-0.2, 0) is 11.3 Å². The number of methoxy groups -OCH3 is 1. The molecule has 6 nitrogen and oxygen atoms in total. The van der Waals surface area contributed by atoms with Crippen LogP contribution in [0.3, 0.4) is 0 Å². The van der Waals surface area contributed by atoms with E-state index in [0.717, 1.165) is 16.4 Å². The van der Waals surface area contributed by atoms with E-state index in [-0.39, 0.29) is 0 Å². The Balaban J connectivity index is 1.99. The molecule has 0 saturated carbocycles. The molecule has 0 aliphatic heterocycles. The third-order valence-electron chi connectivity index (χ3n) is 2.55. The van der Waals surface area contributed by atoms with E-state index >= 15 is 0 Å². The second-order valence-corrected chi connectivity index (χ2v) is 4.95. The minimum Gasteiger partial charge on any atom is -0.486 e. The van der Waals surface area contributed by atoms with Crippen molar-refractivity contribution in [2.75, 3.05) is 12.4 Å². The molecular formula is C13H15N3O3S. The lowest BCUT2D eigenvalue weighted by atomic mass is 10.2. The third-order valence-corrected chi connectivity index (χ3v) is 3.33. The van der Waals surface area contributed by atoms with E-state index in [1.165, 1.54) is 18.6 Å². The van der Waals surface area contributed by atoms with Crippen molar-refractivity contribution in [3.8, 4) is 5.75 Å². The fraction of sp³-hybridized carbons (Fsp3) is 0.308. The molecule has 0 atom stereocenters. The molecular weight excluding hydrogens is 278 g/mol. The number of aromatic nitrogens is 2. The largest absolute Gasteiger partial charge is 0.486 e. The van der Waals surface area contributed by atoms with Crippen LogP contribution in [0, 0.1) is 13.8 Å². The summed E-state index contributed by atoms with van der Waals surface area (Å²) in [5, 5.41) is 3.46. The van der Waals surface area contributed by atoms with Crippen molar-refractivity contribution in [3.05, 3.63) is 34.6 Å². The van der Waals surface area contributed by atoms with Crippen LogP contribution in [0.25, 0.3) is 0 Å². The minimum atomic E-state index is -0.494. The molecule has 0 bridgehead atoms. The van der Waals surface area contributed by atoms with E-state index in [9.17, 15) is 4.79 Å². The molecule has 0 aliphatic rings. The predicted molar refractivity (Wildman–Crippen MR) is 76.2 cm³/mol. The lowest BCUT2D eigenvalue weighted by Gasteiger charge is -2.10. The van der Waals surface area contributed by atoms with Crippen LogP contribution in [0.1, 0.15) is 16.4 Å². The summed E-state index contributed by atoms with van der Waals surface area (Å²) < 4.78 is 14.3. The lowest BCUT2D eigenvalue weighted by Crippen LogP contribution is -2.11. The summed E-state index contributed by atoms with van der Waals surface area (Å²) in [5.74, 6) is 1.47. The second kappa shape index (κ2) is 6.33. The number of nitrogens with zero attached hydrogens (tertiary/aromatic N) is 2. The first-order valence-corrected chi connectivity index (χ1v) is 6.73. The Kier molecular flexibility index (Phi) is 4.52. The average Bonchev–Trinajstić information content (AvgIpc) is 2.85. The van der Waals surface area contributed by atoms with Crippen molar-refractivity contribution < 1.29 is 14.3 Å². The highest BCUT2D eigenvalue weighted by atomic mass is 32.1. The number of hydrogen-bond donors (Lipinski definition) is 1. The van der Waals surface area contributed by atoms with Crippen LogP contribution in [0.2, 0.25) is 0 Å². The number of rotatable bonds is 4. The molecule has 0 saturated heterocycles. The van der Waals surface area contributed by atoms with Crippen LogP contribution in [0.5, 0.6) is 5.75 Å². The first-order chi connectivity index (χ1) is 9.58. The molecule has 2 rings (SSSR count). The zero-order valence-corrected chi connectivity index (χ0v) is 12.3.